The number of rotatable bonds is 2. The van der Waals surface area contributed by atoms with Gasteiger partial charge in [-0.3, -0.25) is 0 Å². The lowest BCUT2D eigenvalue weighted by Gasteiger charge is -1.95. The summed E-state index contributed by atoms with van der Waals surface area (Å²) >= 11 is 1.73. The van der Waals surface area contributed by atoms with Gasteiger partial charge in [0.05, 0.1) is 10.5 Å². The Kier molecular flexibility index (Phi) is 1.84. The van der Waals surface area contributed by atoms with Crippen molar-refractivity contribution < 1.29 is 0 Å². The highest BCUT2D eigenvalue weighted by atomic mass is 32.1. The molecular weight excluding hydrogens is 232 g/mol. The van der Waals surface area contributed by atoms with E-state index < -0.39 is 0 Å². The summed E-state index contributed by atoms with van der Waals surface area (Å²) in [7, 11) is 0. The molecule has 1 fully saturated rings. The molecule has 0 spiro atoms. The van der Waals surface area contributed by atoms with Gasteiger partial charge in [0.2, 0.25) is 0 Å². The molecular formula is C12H10N4S. The van der Waals surface area contributed by atoms with Crippen LogP contribution < -0.4 is 0 Å². The molecule has 4 nitrogen and oxygen atoms in total. The topological polar surface area (TPSA) is 43.6 Å². The molecule has 0 saturated heterocycles. The number of thiazole rings is 1. The molecule has 0 amide bonds. The van der Waals surface area contributed by atoms with Gasteiger partial charge in [-0.2, -0.15) is 4.68 Å². The lowest BCUT2D eigenvalue weighted by molar-refractivity contribution is 0.801. The van der Waals surface area contributed by atoms with Crippen LogP contribution in [0.4, 0.5) is 0 Å². The third kappa shape index (κ3) is 1.46. The molecule has 2 aromatic heterocycles. The molecule has 5 heteroatoms. The quantitative estimate of drug-likeness (QED) is 0.694. The first-order chi connectivity index (χ1) is 8.42. The van der Waals surface area contributed by atoms with Crippen molar-refractivity contribution in [2.24, 2.45) is 0 Å². The van der Waals surface area contributed by atoms with Crippen LogP contribution >= 0.6 is 11.3 Å². The molecule has 2 heterocycles. The van der Waals surface area contributed by atoms with Crippen LogP contribution in [0.5, 0.6) is 0 Å². The van der Waals surface area contributed by atoms with Crippen LogP contribution in [-0.2, 0) is 0 Å². The van der Waals surface area contributed by atoms with Crippen LogP contribution in [0.2, 0.25) is 0 Å². The Morgan fingerprint density at radius 1 is 1.24 bits per heavy atom. The molecule has 1 aliphatic carbocycles. The fourth-order valence-corrected chi connectivity index (χ4v) is 2.88. The molecule has 0 atom stereocenters. The molecule has 17 heavy (non-hydrogen) atoms. The van der Waals surface area contributed by atoms with Gasteiger partial charge in [-0.05, 0) is 25.0 Å². The second kappa shape index (κ2) is 3.37. The first kappa shape index (κ1) is 9.30. The SMILES string of the molecule is c1ccc2c(c1)nnn2-c1csc(C2CC2)n1. The molecule has 4 rings (SSSR count). The number of aromatic nitrogens is 4. The second-order valence-electron chi connectivity index (χ2n) is 4.31. The van der Waals surface area contributed by atoms with Gasteiger partial charge in [-0.25, -0.2) is 4.98 Å². The summed E-state index contributed by atoms with van der Waals surface area (Å²) in [4.78, 5) is 4.64. The van der Waals surface area contributed by atoms with Crippen LogP contribution in [0.1, 0.15) is 23.8 Å². The van der Waals surface area contributed by atoms with Gasteiger partial charge in [-0.1, -0.05) is 17.3 Å². The Labute approximate surface area is 102 Å². The third-order valence-corrected chi connectivity index (χ3v) is 4.00. The third-order valence-electron chi connectivity index (χ3n) is 3.01. The number of para-hydroxylation sites is 1. The number of hydrogen-bond acceptors (Lipinski definition) is 4. The maximum atomic E-state index is 4.64. The molecule has 3 aromatic rings. The Morgan fingerprint density at radius 2 is 2.12 bits per heavy atom. The fourth-order valence-electron chi connectivity index (χ4n) is 1.93. The van der Waals surface area contributed by atoms with Crippen molar-refractivity contribution in [1.29, 1.82) is 0 Å². The van der Waals surface area contributed by atoms with E-state index in [2.05, 4.69) is 20.7 Å². The summed E-state index contributed by atoms with van der Waals surface area (Å²) < 4.78 is 1.82. The molecule has 0 unspecified atom stereocenters. The van der Waals surface area contributed by atoms with Crippen LogP contribution in [0.3, 0.4) is 0 Å². The predicted molar refractivity (Wildman–Crippen MR) is 66.5 cm³/mol. The number of hydrogen-bond donors (Lipinski definition) is 0. The van der Waals surface area contributed by atoms with Gasteiger partial charge in [0.15, 0.2) is 5.82 Å². The Hall–Kier alpha value is -1.75. The van der Waals surface area contributed by atoms with E-state index in [0.29, 0.717) is 5.92 Å². The zero-order valence-corrected chi connectivity index (χ0v) is 9.89. The maximum absolute atomic E-state index is 4.64. The minimum Gasteiger partial charge on any atom is -0.222 e. The van der Waals surface area contributed by atoms with Gasteiger partial charge < -0.3 is 0 Å². The molecule has 0 bridgehead atoms. The van der Waals surface area contributed by atoms with Crippen molar-refractivity contribution in [3.05, 3.63) is 34.7 Å². The van der Waals surface area contributed by atoms with Crippen molar-refractivity contribution in [3.8, 4) is 5.82 Å². The Balaban J connectivity index is 1.86. The van der Waals surface area contributed by atoms with Crippen LogP contribution in [0, 0.1) is 0 Å². The van der Waals surface area contributed by atoms with Gasteiger partial charge >= 0.3 is 0 Å². The predicted octanol–water partition coefficient (Wildman–Crippen LogP) is 2.75. The molecule has 1 aliphatic rings. The van der Waals surface area contributed by atoms with E-state index in [9.17, 15) is 0 Å². The summed E-state index contributed by atoms with van der Waals surface area (Å²) in [5, 5.41) is 11.6. The first-order valence-electron chi connectivity index (χ1n) is 5.68. The lowest BCUT2D eigenvalue weighted by atomic mass is 10.3. The van der Waals surface area contributed by atoms with E-state index in [1.54, 1.807) is 11.3 Å². The van der Waals surface area contributed by atoms with E-state index in [1.807, 2.05) is 28.9 Å². The van der Waals surface area contributed by atoms with Crippen molar-refractivity contribution >= 4 is 22.4 Å². The van der Waals surface area contributed by atoms with Gasteiger partial charge in [0.1, 0.15) is 5.52 Å². The van der Waals surface area contributed by atoms with Gasteiger partial charge in [-0.15, -0.1) is 16.4 Å². The molecule has 84 valence electrons. The minimum absolute atomic E-state index is 0.698. The zero-order valence-electron chi connectivity index (χ0n) is 9.08. The Bertz CT molecular complexity index is 680. The fraction of sp³-hybridized carbons (Fsp3) is 0.250. The van der Waals surface area contributed by atoms with E-state index >= 15 is 0 Å². The number of fused-ring (bicyclic) bond motifs is 1. The summed E-state index contributed by atoms with van der Waals surface area (Å²) in [6.07, 6.45) is 2.57. The summed E-state index contributed by atoms with van der Waals surface area (Å²) in [6, 6.07) is 7.95. The van der Waals surface area contributed by atoms with Crippen molar-refractivity contribution in [2.45, 2.75) is 18.8 Å². The van der Waals surface area contributed by atoms with E-state index in [4.69, 9.17) is 0 Å². The maximum Gasteiger partial charge on any atom is 0.166 e. The highest BCUT2D eigenvalue weighted by molar-refractivity contribution is 7.10. The minimum atomic E-state index is 0.698. The van der Waals surface area contributed by atoms with Crippen molar-refractivity contribution in [1.82, 2.24) is 20.0 Å². The molecule has 1 aromatic carbocycles. The number of nitrogens with zero attached hydrogens (tertiary/aromatic N) is 4. The largest absolute Gasteiger partial charge is 0.222 e. The molecule has 0 radical (unpaired) electrons. The average molecular weight is 242 g/mol. The van der Waals surface area contributed by atoms with Gasteiger partial charge in [0, 0.05) is 11.3 Å². The van der Waals surface area contributed by atoms with Crippen molar-refractivity contribution in [3.63, 3.8) is 0 Å². The lowest BCUT2D eigenvalue weighted by Crippen LogP contribution is -1.97. The summed E-state index contributed by atoms with van der Waals surface area (Å²) in [6.45, 7) is 0. The second-order valence-corrected chi connectivity index (χ2v) is 5.20. The summed E-state index contributed by atoms with van der Waals surface area (Å²) in [5.41, 5.74) is 1.92. The van der Waals surface area contributed by atoms with E-state index in [1.165, 1.54) is 17.8 Å². The summed E-state index contributed by atoms with van der Waals surface area (Å²) in [5.74, 6) is 1.59. The molecule has 0 N–H and O–H groups in total. The number of benzene rings is 1. The van der Waals surface area contributed by atoms with E-state index in [0.717, 1.165) is 16.9 Å². The van der Waals surface area contributed by atoms with Crippen LogP contribution in [0.25, 0.3) is 16.9 Å². The van der Waals surface area contributed by atoms with Crippen LogP contribution in [-0.4, -0.2) is 20.0 Å². The highest BCUT2D eigenvalue weighted by Gasteiger charge is 2.27. The monoisotopic (exact) mass is 242 g/mol. The first-order valence-corrected chi connectivity index (χ1v) is 6.56. The standard InChI is InChI=1S/C12H10N4S/c1-2-4-10-9(3-1)14-15-16(10)11-7-17-12(13-11)8-5-6-8/h1-4,7-8H,5-6H2. The Morgan fingerprint density at radius 3 is 3.00 bits per heavy atom. The zero-order chi connectivity index (χ0) is 11.2. The van der Waals surface area contributed by atoms with Crippen LogP contribution in [0.15, 0.2) is 29.6 Å². The van der Waals surface area contributed by atoms with Crippen molar-refractivity contribution in [2.75, 3.05) is 0 Å². The van der Waals surface area contributed by atoms with E-state index in [-0.39, 0.29) is 0 Å². The molecule has 0 aliphatic heterocycles. The smallest absolute Gasteiger partial charge is 0.166 e. The van der Waals surface area contributed by atoms with Gasteiger partial charge in [0.25, 0.3) is 0 Å². The normalized spacial score (nSPS) is 15.5. The highest BCUT2D eigenvalue weighted by Crippen LogP contribution is 2.41. The molecule has 1 saturated carbocycles. The average Bonchev–Trinajstić information content (AvgIpc) is 2.95.